The standard InChI is InChI=1S/C12H21N3O2.ClH/c1-3-12(17)14-6-9-15(2,10-7-14)8-4-5-11(13)16;/h3H,1,4-10H2,2H3,(H-,13,16);1H. The number of primary amides is 1. The number of carbonyl (C=O) groups excluding carboxylic acids is 2. The first kappa shape index (κ1) is 16.9. The Bertz CT molecular complexity index is 312. The van der Waals surface area contributed by atoms with Crippen LogP contribution in [0.2, 0.25) is 0 Å². The molecule has 0 aromatic rings. The van der Waals surface area contributed by atoms with Crippen molar-refractivity contribution in [1.82, 2.24) is 4.90 Å². The molecule has 2 N–H and O–H groups in total. The summed E-state index contributed by atoms with van der Waals surface area (Å²) in [5, 5.41) is 0. The maximum atomic E-state index is 11.4. The van der Waals surface area contributed by atoms with Crippen molar-refractivity contribution in [2.24, 2.45) is 5.73 Å². The summed E-state index contributed by atoms with van der Waals surface area (Å²) in [5.74, 6) is -0.231. The number of likely N-dealkylation sites (N-methyl/N-ethyl adjacent to an activating group) is 1. The third kappa shape index (κ3) is 5.06. The summed E-state index contributed by atoms with van der Waals surface area (Å²) in [5.41, 5.74) is 5.12. The zero-order chi connectivity index (χ0) is 12.9. The lowest BCUT2D eigenvalue weighted by Gasteiger charge is -2.41. The van der Waals surface area contributed by atoms with Crippen LogP contribution in [0.3, 0.4) is 0 Å². The zero-order valence-electron chi connectivity index (χ0n) is 10.9. The third-order valence-electron chi connectivity index (χ3n) is 3.43. The van der Waals surface area contributed by atoms with Gasteiger partial charge in [-0.2, -0.15) is 0 Å². The number of amides is 2. The van der Waals surface area contributed by atoms with Gasteiger partial charge in [0.25, 0.3) is 0 Å². The van der Waals surface area contributed by atoms with Gasteiger partial charge in [-0.1, -0.05) is 6.58 Å². The van der Waals surface area contributed by atoms with Gasteiger partial charge in [-0.25, -0.2) is 0 Å². The average molecular weight is 276 g/mol. The van der Waals surface area contributed by atoms with Gasteiger partial charge in [-0.15, -0.1) is 0 Å². The molecule has 0 atom stereocenters. The summed E-state index contributed by atoms with van der Waals surface area (Å²) in [6.45, 7) is 7.82. The van der Waals surface area contributed by atoms with E-state index in [0.717, 1.165) is 43.6 Å². The van der Waals surface area contributed by atoms with Gasteiger partial charge in [0.1, 0.15) is 0 Å². The number of nitrogens with zero attached hydrogens (tertiary/aromatic N) is 2. The molecule has 0 unspecified atom stereocenters. The van der Waals surface area contributed by atoms with Crippen molar-refractivity contribution < 1.29 is 26.5 Å². The molecule has 18 heavy (non-hydrogen) atoms. The second-order valence-corrected chi connectivity index (χ2v) is 4.89. The summed E-state index contributed by atoms with van der Waals surface area (Å²) in [6.07, 6.45) is 2.63. The highest BCUT2D eigenvalue weighted by molar-refractivity contribution is 5.87. The molecule has 1 heterocycles. The molecule has 2 amide bonds. The molecule has 1 aliphatic heterocycles. The van der Waals surface area contributed by atoms with E-state index in [9.17, 15) is 9.59 Å². The van der Waals surface area contributed by atoms with Crippen molar-refractivity contribution in [1.29, 1.82) is 0 Å². The first-order valence-corrected chi connectivity index (χ1v) is 6.00. The highest BCUT2D eigenvalue weighted by Crippen LogP contribution is 2.12. The molecule has 0 radical (unpaired) electrons. The fourth-order valence-electron chi connectivity index (χ4n) is 2.16. The molecule has 5 nitrogen and oxygen atoms in total. The zero-order valence-corrected chi connectivity index (χ0v) is 11.7. The molecular weight excluding hydrogens is 254 g/mol. The van der Waals surface area contributed by atoms with Gasteiger partial charge in [-0.05, 0) is 6.08 Å². The van der Waals surface area contributed by atoms with Crippen LogP contribution in [0.5, 0.6) is 0 Å². The number of rotatable bonds is 5. The predicted molar refractivity (Wildman–Crippen MR) is 66.0 cm³/mol. The minimum absolute atomic E-state index is 0. The summed E-state index contributed by atoms with van der Waals surface area (Å²) >= 11 is 0. The van der Waals surface area contributed by atoms with Crippen molar-refractivity contribution in [3.05, 3.63) is 12.7 Å². The van der Waals surface area contributed by atoms with Gasteiger partial charge in [0.05, 0.1) is 39.8 Å². The number of hydrogen-bond donors (Lipinski definition) is 1. The molecule has 1 rings (SSSR count). The molecule has 0 spiro atoms. The van der Waals surface area contributed by atoms with E-state index in [2.05, 4.69) is 13.6 Å². The van der Waals surface area contributed by atoms with Gasteiger partial charge < -0.3 is 27.5 Å². The topological polar surface area (TPSA) is 63.4 Å². The second kappa shape index (κ2) is 7.38. The SMILES string of the molecule is C=CC(=O)N1CC[N+](C)(CCCC(N)=O)CC1.[Cl-]. The molecule has 1 saturated heterocycles. The van der Waals surface area contributed by atoms with Gasteiger partial charge >= 0.3 is 0 Å². The highest BCUT2D eigenvalue weighted by Gasteiger charge is 2.29. The Labute approximate surface area is 115 Å². The maximum Gasteiger partial charge on any atom is 0.246 e. The van der Waals surface area contributed by atoms with Crippen LogP contribution in [-0.4, -0.2) is 61.0 Å². The van der Waals surface area contributed by atoms with Gasteiger partial charge in [-0.3, -0.25) is 9.59 Å². The minimum Gasteiger partial charge on any atom is -1.00 e. The van der Waals surface area contributed by atoms with Crippen molar-refractivity contribution in [2.45, 2.75) is 12.8 Å². The van der Waals surface area contributed by atoms with Gasteiger partial charge in [0, 0.05) is 12.8 Å². The maximum absolute atomic E-state index is 11.4. The van der Waals surface area contributed by atoms with E-state index in [-0.39, 0.29) is 24.2 Å². The van der Waals surface area contributed by atoms with Gasteiger partial charge in [0.15, 0.2) is 0 Å². The fourth-order valence-corrected chi connectivity index (χ4v) is 2.16. The summed E-state index contributed by atoms with van der Waals surface area (Å²) in [6, 6.07) is 0. The Balaban J connectivity index is 0.00000289. The molecule has 0 bridgehead atoms. The molecule has 104 valence electrons. The normalized spacial score (nSPS) is 17.7. The first-order valence-electron chi connectivity index (χ1n) is 6.00. The largest absolute Gasteiger partial charge is 1.00 e. The molecule has 0 aromatic carbocycles. The third-order valence-corrected chi connectivity index (χ3v) is 3.43. The number of piperazine rings is 1. The highest BCUT2D eigenvalue weighted by atomic mass is 35.5. The van der Waals surface area contributed by atoms with E-state index in [0.29, 0.717) is 6.42 Å². The Kier molecular flexibility index (Phi) is 6.94. The van der Waals surface area contributed by atoms with Crippen LogP contribution in [0.25, 0.3) is 0 Å². The first-order chi connectivity index (χ1) is 7.97. The van der Waals surface area contributed by atoms with Crippen molar-refractivity contribution >= 4 is 11.8 Å². The van der Waals surface area contributed by atoms with E-state index >= 15 is 0 Å². The number of nitrogens with two attached hydrogens (primary N) is 1. The number of hydrogen-bond acceptors (Lipinski definition) is 2. The molecule has 1 fully saturated rings. The Morgan fingerprint density at radius 1 is 1.39 bits per heavy atom. The van der Waals surface area contributed by atoms with Crippen LogP contribution in [0.4, 0.5) is 0 Å². The number of carbonyl (C=O) groups is 2. The van der Waals surface area contributed by atoms with E-state index in [4.69, 9.17) is 5.73 Å². The lowest BCUT2D eigenvalue weighted by Crippen LogP contribution is -3.00. The molecule has 0 saturated carbocycles. The van der Waals surface area contributed by atoms with Crippen molar-refractivity contribution in [2.75, 3.05) is 39.8 Å². The van der Waals surface area contributed by atoms with Crippen LogP contribution in [0.1, 0.15) is 12.8 Å². The van der Waals surface area contributed by atoms with Crippen LogP contribution < -0.4 is 18.1 Å². The summed E-state index contributed by atoms with van der Waals surface area (Å²) in [4.78, 5) is 23.9. The number of quaternary nitrogens is 1. The van der Waals surface area contributed by atoms with Crippen LogP contribution >= 0.6 is 0 Å². The molecule has 6 heteroatoms. The summed E-state index contributed by atoms with van der Waals surface area (Å²) < 4.78 is 0.911. The Morgan fingerprint density at radius 3 is 2.39 bits per heavy atom. The smallest absolute Gasteiger partial charge is 0.246 e. The van der Waals surface area contributed by atoms with Crippen molar-refractivity contribution in [3.63, 3.8) is 0 Å². The van der Waals surface area contributed by atoms with Crippen LogP contribution in [0.15, 0.2) is 12.7 Å². The van der Waals surface area contributed by atoms with Crippen molar-refractivity contribution in [3.8, 4) is 0 Å². The number of halogens is 1. The predicted octanol–water partition coefficient (Wildman–Crippen LogP) is -3.27. The van der Waals surface area contributed by atoms with Crippen LogP contribution in [-0.2, 0) is 9.59 Å². The second-order valence-electron chi connectivity index (χ2n) is 4.89. The van der Waals surface area contributed by atoms with E-state index in [1.54, 1.807) is 0 Å². The van der Waals surface area contributed by atoms with Crippen LogP contribution in [0, 0.1) is 0 Å². The Morgan fingerprint density at radius 2 is 1.94 bits per heavy atom. The van der Waals surface area contributed by atoms with E-state index in [1.807, 2.05) is 4.90 Å². The fraction of sp³-hybridized carbons (Fsp3) is 0.667. The lowest BCUT2D eigenvalue weighted by molar-refractivity contribution is -0.913. The monoisotopic (exact) mass is 275 g/mol. The summed E-state index contributed by atoms with van der Waals surface area (Å²) in [7, 11) is 2.16. The van der Waals surface area contributed by atoms with E-state index in [1.165, 1.54) is 6.08 Å². The molecule has 1 aliphatic rings. The Hall–Kier alpha value is -1.07. The minimum atomic E-state index is -0.239. The van der Waals surface area contributed by atoms with Gasteiger partial charge in [0.2, 0.25) is 11.8 Å². The molecule has 0 aromatic heterocycles. The lowest BCUT2D eigenvalue weighted by atomic mass is 10.2. The quantitative estimate of drug-likeness (QED) is 0.423. The molecule has 0 aliphatic carbocycles. The molecular formula is C12H22ClN3O2. The average Bonchev–Trinajstić information content (AvgIpc) is 2.28. The van der Waals surface area contributed by atoms with E-state index < -0.39 is 0 Å².